The molecule has 1 aromatic rings. The molecule has 0 radical (unpaired) electrons. The lowest BCUT2D eigenvalue weighted by Gasteiger charge is -2.33. The highest BCUT2D eigenvalue weighted by atomic mass is 35.5. The lowest BCUT2D eigenvalue weighted by atomic mass is 10.1. The van der Waals surface area contributed by atoms with Gasteiger partial charge >= 0.3 is 12.1 Å². The van der Waals surface area contributed by atoms with Crippen molar-refractivity contribution in [3.05, 3.63) is 34.9 Å². The molecular formula is C16H23ClN4O3. The van der Waals surface area contributed by atoms with E-state index in [1.54, 1.807) is 11.9 Å². The number of benzene rings is 1. The third kappa shape index (κ3) is 5.90. The molecule has 1 saturated heterocycles. The van der Waals surface area contributed by atoms with Crippen LogP contribution in [0.1, 0.15) is 5.56 Å². The van der Waals surface area contributed by atoms with Gasteiger partial charge in [-0.2, -0.15) is 0 Å². The van der Waals surface area contributed by atoms with Gasteiger partial charge in [-0.25, -0.2) is 9.59 Å². The van der Waals surface area contributed by atoms with Crippen molar-refractivity contribution in [2.24, 2.45) is 0 Å². The fourth-order valence-electron chi connectivity index (χ4n) is 2.44. The maximum atomic E-state index is 12.2. The standard InChI is InChI=1S/C16H23ClN4O3/c1-18-15(22)20-10-14-11-21(7-8-24-14)16(23)19-6-5-12-3-2-4-13(17)9-12/h2-4,9,14H,5-8,10-11H2,1H3,(H,19,23)(H2,18,20,22). The smallest absolute Gasteiger partial charge is 0.317 e. The molecule has 8 heteroatoms. The van der Waals surface area contributed by atoms with Crippen LogP contribution in [-0.4, -0.2) is 62.9 Å². The molecule has 1 fully saturated rings. The normalized spacial score (nSPS) is 17.2. The fraction of sp³-hybridized carbons (Fsp3) is 0.500. The van der Waals surface area contributed by atoms with Crippen LogP contribution in [0.3, 0.4) is 0 Å². The summed E-state index contributed by atoms with van der Waals surface area (Å²) < 4.78 is 5.56. The molecule has 1 aliphatic rings. The van der Waals surface area contributed by atoms with Gasteiger partial charge in [-0.15, -0.1) is 0 Å². The van der Waals surface area contributed by atoms with Crippen LogP contribution < -0.4 is 16.0 Å². The van der Waals surface area contributed by atoms with Crippen LogP contribution in [0.2, 0.25) is 5.02 Å². The molecule has 1 aliphatic heterocycles. The number of urea groups is 2. The Morgan fingerprint density at radius 2 is 2.21 bits per heavy atom. The molecule has 0 aromatic heterocycles. The largest absolute Gasteiger partial charge is 0.373 e. The molecule has 0 saturated carbocycles. The van der Waals surface area contributed by atoms with E-state index in [0.717, 1.165) is 12.0 Å². The van der Waals surface area contributed by atoms with Crippen LogP contribution >= 0.6 is 11.6 Å². The first-order valence-corrected chi connectivity index (χ1v) is 8.30. The number of nitrogens with zero attached hydrogens (tertiary/aromatic N) is 1. The molecule has 1 heterocycles. The average Bonchev–Trinajstić information content (AvgIpc) is 2.60. The highest BCUT2D eigenvalue weighted by molar-refractivity contribution is 6.30. The van der Waals surface area contributed by atoms with Crippen LogP contribution in [0.15, 0.2) is 24.3 Å². The predicted molar refractivity (Wildman–Crippen MR) is 92.3 cm³/mol. The maximum absolute atomic E-state index is 12.2. The Hall–Kier alpha value is -1.99. The summed E-state index contributed by atoms with van der Waals surface area (Å²) in [6.45, 7) is 2.36. The highest BCUT2D eigenvalue weighted by Gasteiger charge is 2.24. The molecule has 132 valence electrons. The zero-order valence-corrected chi connectivity index (χ0v) is 14.4. The minimum absolute atomic E-state index is 0.120. The van der Waals surface area contributed by atoms with E-state index in [9.17, 15) is 9.59 Å². The summed E-state index contributed by atoms with van der Waals surface area (Å²) in [6.07, 6.45) is 0.521. The molecule has 4 amide bonds. The Morgan fingerprint density at radius 1 is 1.38 bits per heavy atom. The van der Waals surface area contributed by atoms with Crippen molar-refractivity contribution >= 4 is 23.7 Å². The van der Waals surface area contributed by atoms with Gasteiger partial charge in [0.05, 0.1) is 19.3 Å². The van der Waals surface area contributed by atoms with Gasteiger partial charge in [0, 0.05) is 31.7 Å². The monoisotopic (exact) mass is 354 g/mol. The molecular weight excluding hydrogens is 332 g/mol. The van der Waals surface area contributed by atoms with Crippen LogP contribution in [0.4, 0.5) is 9.59 Å². The van der Waals surface area contributed by atoms with Crippen molar-refractivity contribution in [3.63, 3.8) is 0 Å². The molecule has 7 nitrogen and oxygen atoms in total. The summed E-state index contributed by atoms with van der Waals surface area (Å²) in [5.41, 5.74) is 1.08. The Balaban J connectivity index is 1.72. The first-order chi connectivity index (χ1) is 11.6. The molecule has 1 atom stereocenters. The second-order valence-corrected chi connectivity index (χ2v) is 5.95. The topological polar surface area (TPSA) is 82.7 Å². The molecule has 1 unspecified atom stereocenters. The van der Waals surface area contributed by atoms with Gasteiger partial charge in [0.2, 0.25) is 0 Å². The Morgan fingerprint density at radius 3 is 2.96 bits per heavy atom. The summed E-state index contributed by atoms with van der Waals surface area (Å²) in [4.78, 5) is 25.1. The van der Waals surface area contributed by atoms with E-state index in [2.05, 4.69) is 16.0 Å². The number of nitrogens with one attached hydrogen (secondary N) is 3. The zero-order chi connectivity index (χ0) is 17.4. The van der Waals surface area contributed by atoms with Crippen LogP contribution in [0.5, 0.6) is 0 Å². The number of hydrogen-bond donors (Lipinski definition) is 3. The number of ether oxygens (including phenoxy) is 1. The second kappa shape index (κ2) is 9.34. The van der Waals surface area contributed by atoms with E-state index in [0.29, 0.717) is 37.8 Å². The first kappa shape index (κ1) is 18.4. The van der Waals surface area contributed by atoms with Gasteiger partial charge in [0.15, 0.2) is 0 Å². The SMILES string of the molecule is CNC(=O)NCC1CN(C(=O)NCCc2cccc(Cl)c2)CCO1. The van der Waals surface area contributed by atoms with Crippen molar-refractivity contribution in [2.75, 3.05) is 39.8 Å². The van der Waals surface area contributed by atoms with E-state index in [1.165, 1.54) is 0 Å². The van der Waals surface area contributed by atoms with Gasteiger partial charge < -0.3 is 25.6 Å². The van der Waals surface area contributed by atoms with Crippen molar-refractivity contribution in [2.45, 2.75) is 12.5 Å². The lowest BCUT2D eigenvalue weighted by Crippen LogP contribution is -2.53. The van der Waals surface area contributed by atoms with Crippen molar-refractivity contribution in [1.82, 2.24) is 20.9 Å². The first-order valence-electron chi connectivity index (χ1n) is 7.93. The predicted octanol–water partition coefficient (Wildman–Crippen LogP) is 1.22. The summed E-state index contributed by atoms with van der Waals surface area (Å²) >= 11 is 5.94. The Bertz CT molecular complexity index is 570. The summed E-state index contributed by atoms with van der Waals surface area (Å²) in [5.74, 6) is 0. The highest BCUT2D eigenvalue weighted by Crippen LogP contribution is 2.11. The fourth-order valence-corrected chi connectivity index (χ4v) is 2.65. The molecule has 24 heavy (non-hydrogen) atoms. The molecule has 3 N–H and O–H groups in total. The van der Waals surface area contributed by atoms with Crippen LogP contribution in [-0.2, 0) is 11.2 Å². The molecule has 1 aromatic carbocycles. The Labute approximate surface area is 146 Å². The van der Waals surface area contributed by atoms with E-state index in [-0.39, 0.29) is 18.2 Å². The van der Waals surface area contributed by atoms with Gasteiger partial charge in [-0.05, 0) is 24.1 Å². The summed E-state index contributed by atoms with van der Waals surface area (Å²) in [5, 5.41) is 8.76. The van der Waals surface area contributed by atoms with E-state index < -0.39 is 0 Å². The van der Waals surface area contributed by atoms with Crippen molar-refractivity contribution < 1.29 is 14.3 Å². The molecule has 0 aliphatic carbocycles. The molecule has 0 bridgehead atoms. The summed E-state index contributed by atoms with van der Waals surface area (Å²) in [6, 6.07) is 7.21. The minimum atomic E-state index is -0.262. The molecule has 0 spiro atoms. The van der Waals surface area contributed by atoms with Crippen molar-refractivity contribution in [1.29, 1.82) is 0 Å². The number of amides is 4. The van der Waals surface area contributed by atoms with Gasteiger partial charge in [0.25, 0.3) is 0 Å². The van der Waals surface area contributed by atoms with E-state index >= 15 is 0 Å². The third-order valence-electron chi connectivity index (χ3n) is 3.72. The van der Waals surface area contributed by atoms with Crippen molar-refractivity contribution in [3.8, 4) is 0 Å². The number of carbonyl (C=O) groups excluding carboxylic acids is 2. The van der Waals surface area contributed by atoms with E-state index in [4.69, 9.17) is 16.3 Å². The van der Waals surface area contributed by atoms with Gasteiger partial charge in [0.1, 0.15) is 0 Å². The summed E-state index contributed by atoms with van der Waals surface area (Å²) in [7, 11) is 1.55. The number of halogens is 1. The average molecular weight is 355 g/mol. The number of carbonyl (C=O) groups is 2. The lowest BCUT2D eigenvalue weighted by molar-refractivity contribution is -0.0114. The van der Waals surface area contributed by atoms with E-state index in [1.807, 2.05) is 24.3 Å². The van der Waals surface area contributed by atoms with Crippen LogP contribution in [0.25, 0.3) is 0 Å². The number of morpholine rings is 1. The Kier molecular flexibility index (Phi) is 7.14. The molecule has 2 rings (SSSR count). The maximum Gasteiger partial charge on any atom is 0.317 e. The minimum Gasteiger partial charge on any atom is -0.373 e. The quantitative estimate of drug-likeness (QED) is 0.743. The van der Waals surface area contributed by atoms with Crippen LogP contribution in [0, 0.1) is 0 Å². The van der Waals surface area contributed by atoms with Gasteiger partial charge in [-0.3, -0.25) is 0 Å². The number of hydrogen-bond acceptors (Lipinski definition) is 3. The third-order valence-corrected chi connectivity index (χ3v) is 3.96. The van der Waals surface area contributed by atoms with Gasteiger partial charge in [-0.1, -0.05) is 23.7 Å². The zero-order valence-electron chi connectivity index (χ0n) is 13.7. The second-order valence-electron chi connectivity index (χ2n) is 5.51. The number of rotatable bonds is 5.